The van der Waals surface area contributed by atoms with E-state index in [-0.39, 0.29) is 11.8 Å². The summed E-state index contributed by atoms with van der Waals surface area (Å²) < 4.78 is 0. The molecule has 3 rings (SSSR count). The number of rotatable bonds is 6. The molecule has 1 heterocycles. The molecule has 1 aromatic rings. The number of hydrogen-bond acceptors (Lipinski definition) is 3. The van der Waals surface area contributed by atoms with E-state index in [1.165, 1.54) is 5.69 Å². The molecule has 2 amide bonds. The molecule has 0 radical (unpaired) electrons. The molecule has 0 aromatic heterocycles. The topological polar surface area (TPSA) is 52.7 Å². The molecule has 2 aliphatic rings. The predicted molar refractivity (Wildman–Crippen MR) is 99.3 cm³/mol. The summed E-state index contributed by atoms with van der Waals surface area (Å²) in [4.78, 5) is 28.4. The number of amides is 2. The van der Waals surface area contributed by atoms with Crippen molar-refractivity contribution < 1.29 is 9.59 Å². The minimum absolute atomic E-state index is 0.0539. The molecule has 25 heavy (non-hydrogen) atoms. The zero-order valence-corrected chi connectivity index (χ0v) is 14.7. The van der Waals surface area contributed by atoms with Crippen LogP contribution in [0.4, 0.5) is 5.69 Å². The standard InChI is InChI=1S/C20H27N3O2/c24-19(16-17-6-4-5-7-17)21-11-10-20(25)23-14-12-22(13-15-23)18-8-2-1-3-9-18/h1-4,6,8-9,17H,5,7,10-16H2,(H,21,24). The van der Waals surface area contributed by atoms with E-state index < -0.39 is 0 Å². The Morgan fingerprint density at radius 1 is 1.08 bits per heavy atom. The van der Waals surface area contributed by atoms with Crippen LogP contribution in [0, 0.1) is 5.92 Å². The highest BCUT2D eigenvalue weighted by Crippen LogP contribution is 2.20. The Kier molecular flexibility index (Phi) is 6.09. The number of hydrogen-bond donors (Lipinski definition) is 1. The van der Waals surface area contributed by atoms with Crippen LogP contribution in [0.25, 0.3) is 0 Å². The molecule has 1 aromatic carbocycles. The van der Waals surface area contributed by atoms with Crippen LogP contribution in [0.15, 0.2) is 42.5 Å². The van der Waals surface area contributed by atoms with Gasteiger partial charge in [0.2, 0.25) is 11.8 Å². The first kappa shape index (κ1) is 17.5. The Bertz CT molecular complexity index is 607. The largest absolute Gasteiger partial charge is 0.368 e. The minimum Gasteiger partial charge on any atom is -0.368 e. The summed E-state index contributed by atoms with van der Waals surface area (Å²) in [5.41, 5.74) is 1.21. The number of allylic oxidation sites excluding steroid dienone is 2. The Hall–Kier alpha value is -2.30. The van der Waals surface area contributed by atoms with E-state index in [2.05, 4.69) is 34.5 Å². The van der Waals surface area contributed by atoms with E-state index in [0.29, 0.717) is 25.3 Å². The van der Waals surface area contributed by atoms with Gasteiger partial charge in [-0.1, -0.05) is 30.4 Å². The normalized spacial score (nSPS) is 19.9. The van der Waals surface area contributed by atoms with Crippen molar-refractivity contribution >= 4 is 17.5 Å². The highest BCUT2D eigenvalue weighted by atomic mass is 16.2. The number of piperazine rings is 1. The molecule has 5 nitrogen and oxygen atoms in total. The third kappa shape index (κ3) is 5.08. The molecule has 1 fully saturated rings. The van der Waals surface area contributed by atoms with Crippen molar-refractivity contribution in [3.8, 4) is 0 Å². The van der Waals surface area contributed by atoms with Crippen LogP contribution in [0.5, 0.6) is 0 Å². The van der Waals surface area contributed by atoms with Crippen LogP contribution in [0.1, 0.15) is 25.7 Å². The number of para-hydroxylation sites is 1. The lowest BCUT2D eigenvalue weighted by Gasteiger charge is -2.36. The van der Waals surface area contributed by atoms with Crippen LogP contribution in [0.3, 0.4) is 0 Å². The van der Waals surface area contributed by atoms with Gasteiger partial charge in [0.05, 0.1) is 0 Å². The van der Waals surface area contributed by atoms with Crippen molar-refractivity contribution in [3.63, 3.8) is 0 Å². The van der Waals surface area contributed by atoms with Gasteiger partial charge in [0.25, 0.3) is 0 Å². The second-order valence-corrected chi connectivity index (χ2v) is 6.77. The zero-order chi connectivity index (χ0) is 17.5. The highest BCUT2D eigenvalue weighted by molar-refractivity contribution is 5.79. The lowest BCUT2D eigenvalue weighted by molar-refractivity contribution is -0.131. The molecule has 1 aliphatic heterocycles. The molecule has 0 bridgehead atoms. The van der Waals surface area contributed by atoms with Crippen molar-refractivity contribution in [2.45, 2.75) is 25.7 Å². The molecule has 5 heteroatoms. The second kappa shape index (κ2) is 8.70. The Morgan fingerprint density at radius 3 is 2.52 bits per heavy atom. The predicted octanol–water partition coefficient (Wildman–Crippen LogP) is 2.20. The average molecular weight is 341 g/mol. The molecule has 0 saturated carbocycles. The minimum atomic E-state index is 0.0539. The summed E-state index contributed by atoms with van der Waals surface area (Å²) in [5.74, 6) is 0.564. The monoisotopic (exact) mass is 341 g/mol. The van der Waals surface area contributed by atoms with E-state index >= 15 is 0 Å². The molecule has 1 aliphatic carbocycles. The lowest BCUT2D eigenvalue weighted by atomic mass is 10.1. The van der Waals surface area contributed by atoms with Crippen molar-refractivity contribution in [2.75, 3.05) is 37.6 Å². The van der Waals surface area contributed by atoms with E-state index in [4.69, 9.17) is 0 Å². The van der Waals surface area contributed by atoms with Gasteiger partial charge >= 0.3 is 0 Å². The van der Waals surface area contributed by atoms with E-state index in [9.17, 15) is 9.59 Å². The fraction of sp³-hybridized carbons (Fsp3) is 0.500. The first-order chi connectivity index (χ1) is 12.2. The summed E-state index contributed by atoms with van der Waals surface area (Å²) in [6.45, 7) is 3.64. The molecule has 0 spiro atoms. The average Bonchev–Trinajstić information content (AvgIpc) is 3.15. The summed E-state index contributed by atoms with van der Waals surface area (Å²) in [5, 5.41) is 2.88. The SMILES string of the molecule is O=C(CC1C=CCC1)NCCC(=O)N1CCN(c2ccccc2)CC1. The quantitative estimate of drug-likeness (QED) is 0.807. The molecule has 1 saturated heterocycles. The van der Waals surface area contributed by atoms with Crippen LogP contribution in [-0.2, 0) is 9.59 Å². The van der Waals surface area contributed by atoms with Gasteiger partial charge in [-0.3, -0.25) is 9.59 Å². The summed E-state index contributed by atoms with van der Waals surface area (Å²) in [6.07, 6.45) is 7.33. The van der Waals surface area contributed by atoms with E-state index in [1.807, 2.05) is 23.1 Å². The van der Waals surface area contributed by atoms with Gasteiger partial charge in [0, 0.05) is 51.3 Å². The molecule has 134 valence electrons. The van der Waals surface area contributed by atoms with Crippen molar-refractivity contribution in [1.29, 1.82) is 0 Å². The Morgan fingerprint density at radius 2 is 1.84 bits per heavy atom. The third-order valence-electron chi connectivity index (χ3n) is 4.97. The summed E-state index contributed by atoms with van der Waals surface area (Å²) in [7, 11) is 0. The third-order valence-corrected chi connectivity index (χ3v) is 4.97. The van der Waals surface area contributed by atoms with E-state index in [1.54, 1.807) is 0 Å². The molecule has 1 unspecified atom stereocenters. The number of nitrogens with zero attached hydrogens (tertiary/aromatic N) is 2. The number of carbonyl (C=O) groups is 2. The molecular weight excluding hydrogens is 314 g/mol. The molecule has 1 N–H and O–H groups in total. The van der Waals surface area contributed by atoms with Crippen molar-refractivity contribution in [3.05, 3.63) is 42.5 Å². The van der Waals surface area contributed by atoms with Gasteiger partial charge in [-0.15, -0.1) is 0 Å². The first-order valence-corrected chi connectivity index (χ1v) is 9.23. The van der Waals surface area contributed by atoms with Gasteiger partial charge in [0.1, 0.15) is 0 Å². The Balaban J connectivity index is 1.34. The van der Waals surface area contributed by atoms with Crippen LogP contribution in [-0.4, -0.2) is 49.4 Å². The summed E-state index contributed by atoms with van der Waals surface area (Å²) in [6, 6.07) is 10.3. The zero-order valence-electron chi connectivity index (χ0n) is 14.7. The van der Waals surface area contributed by atoms with E-state index in [0.717, 1.165) is 39.0 Å². The van der Waals surface area contributed by atoms with Gasteiger partial charge in [-0.25, -0.2) is 0 Å². The van der Waals surface area contributed by atoms with Gasteiger partial charge in [-0.2, -0.15) is 0 Å². The van der Waals surface area contributed by atoms with Crippen LogP contribution >= 0.6 is 0 Å². The highest BCUT2D eigenvalue weighted by Gasteiger charge is 2.21. The van der Waals surface area contributed by atoms with Gasteiger partial charge < -0.3 is 15.1 Å². The number of carbonyl (C=O) groups excluding carboxylic acids is 2. The lowest BCUT2D eigenvalue weighted by Crippen LogP contribution is -2.49. The second-order valence-electron chi connectivity index (χ2n) is 6.77. The molecule has 1 atom stereocenters. The van der Waals surface area contributed by atoms with Crippen molar-refractivity contribution in [2.24, 2.45) is 5.92 Å². The number of anilines is 1. The summed E-state index contributed by atoms with van der Waals surface area (Å²) >= 11 is 0. The number of nitrogens with one attached hydrogen (secondary N) is 1. The smallest absolute Gasteiger partial charge is 0.224 e. The maximum absolute atomic E-state index is 12.3. The van der Waals surface area contributed by atoms with Gasteiger partial charge in [-0.05, 0) is 30.9 Å². The van der Waals surface area contributed by atoms with Crippen LogP contribution < -0.4 is 10.2 Å². The maximum Gasteiger partial charge on any atom is 0.224 e. The number of benzene rings is 1. The Labute approximate surface area is 149 Å². The fourth-order valence-electron chi connectivity index (χ4n) is 3.50. The first-order valence-electron chi connectivity index (χ1n) is 9.23. The van der Waals surface area contributed by atoms with Gasteiger partial charge in [0.15, 0.2) is 0 Å². The molecular formula is C20H27N3O2. The maximum atomic E-state index is 12.3. The van der Waals surface area contributed by atoms with Crippen LogP contribution in [0.2, 0.25) is 0 Å². The van der Waals surface area contributed by atoms with Crippen molar-refractivity contribution in [1.82, 2.24) is 10.2 Å². The fourth-order valence-corrected chi connectivity index (χ4v) is 3.50.